The average Bonchev–Trinajstić information content (AvgIpc) is 3.16. The van der Waals surface area contributed by atoms with Crippen molar-refractivity contribution in [3.8, 4) is 11.1 Å². The van der Waals surface area contributed by atoms with E-state index in [-0.39, 0.29) is 11.6 Å². The second kappa shape index (κ2) is 6.49. The van der Waals surface area contributed by atoms with Crippen LogP contribution in [-0.4, -0.2) is 15.0 Å². The molecular formula is C19H16N4OS. The summed E-state index contributed by atoms with van der Waals surface area (Å²) in [6.45, 7) is 2.06. The second-order valence-corrected chi connectivity index (χ2v) is 6.60. The molecule has 0 aliphatic heterocycles. The number of hydrogen-bond donors (Lipinski definition) is 2. The van der Waals surface area contributed by atoms with Gasteiger partial charge in [0.05, 0.1) is 6.04 Å². The third-order valence-corrected chi connectivity index (χ3v) is 4.77. The molecule has 0 spiro atoms. The fourth-order valence-electron chi connectivity index (χ4n) is 2.68. The Labute approximate surface area is 148 Å². The number of H-pyrrole nitrogens is 1. The van der Waals surface area contributed by atoms with Gasteiger partial charge < -0.3 is 10.3 Å². The Balaban J connectivity index is 1.55. The van der Waals surface area contributed by atoms with Crippen molar-refractivity contribution in [3.63, 3.8) is 0 Å². The molecule has 2 N–H and O–H groups in total. The highest BCUT2D eigenvalue weighted by Gasteiger charge is 2.08. The van der Waals surface area contributed by atoms with E-state index in [1.165, 1.54) is 17.2 Å². The van der Waals surface area contributed by atoms with E-state index in [4.69, 9.17) is 0 Å². The van der Waals surface area contributed by atoms with Gasteiger partial charge in [0.15, 0.2) is 0 Å². The number of fused-ring (bicyclic) bond motifs is 1. The number of hydrogen-bond acceptors (Lipinski definition) is 5. The van der Waals surface area contributed by atoms with Gasteiger partial charge >= 0.3 is 0 Å². The molecule has 3 heterocycles. The van der Waals surface area contributed by atoms with Crippen LogP contribution < -0.4 is 10.9 Å². The van der Waals surface area contributed by atoms with E-state index in [2.05, 4.69) is 68.3 Å². The predicted octanol–water partition coefficient (Wildman–Crippen LogP) is 4.22. The third-order valence-electron chi connectivity index (χ3n) is 4.08. The molecular weight excluding hydrogens is 332 g/mol. The van der Waals surface area contributed by atoms with Crippen molar-refractivity contribution in [2.75, 3.05) is 5.32 Å². The van der Waals surface area contributed by atoms with E-state index in [0.717, 1.165) is 10.9 Å². The molecule has 4 aromatic rings. The molecule has 0 unspecified atom stereocenters. The molecule has 25 heavy (non-hydrogen) atoms. The van der Waals surface area contributed by atoms with Gasteiger partial charge in [0.2, 0.25) is 11.5 Å². The van der Waals surface area contributed by atoms with Crippen LogP contribution in [0.4, 0.5) is 5.95 Å². The van der Waals surface area contributed by atoms with Crippen molar-refractivity contribution in [2.24, 2.45) is 0 Å². The highest BCUT2D eigenvalue weighted by atomic mass is 32.1. The molecule has 0 amide bonds. The topological polar surface area (TPSA) is 70.7 Å². The van der Waals surface area contributed by atoms with Gasteiger partial charge in [-0.2, -0.15) is 16.3 Å². The molecule has 0 aliphatic carbocycles. The maximum absolute atomic E-state index is 11.4. The molecule has 5 nitrogen and oxygen atoms in total. The van der Waals surface area contributed by atoms with E-state index in [1.54, 1.807) is 23.6 Å². The summed E-state index contributed by atoms with van der Waals surface area (Å²) in [6.07, 6.45) is 1.70. The van der Waals surface area contributed by atoms with Gasteiger partial charge in [0.25, 0.3) is 0 Å². The number of thiophene rings is 1. The minimum atomic E-state index is -0.172. The van der Waals surface area contributed by atoms with Crippen molar-refractivity contribution in [1.82, 2.24) is 15.0 Å². The lowest BCUT2D eigenvalue weighted by atomic mass is 10.0. The quantitative estimate of drug-likeness (QED) is 0.579. The molecule has 0 radical (unpaired) electrons. The first-order valence-corrected chi connectivity index (χ1v) is 8.88. The van der Waals surface area contributed by atoms with Gasteiger partial charge in [-0.25, -0.2) is 4.98 Å². The van der Waals surface area contributed by atoms with Crippen molar-refractivity contribution in [2.45, 2.75) is 13.0 Å². The lowest BCUT2D eigenvalue weighted by Gasteiger charge is -2.15. The Morgan fingerprint density at radius 1 is 1.08 bits per heavy atom. The third kappa shape index (κ3) is 3.29. The Hall–Kier alpha value is -2.99. The zero-order valence-corrected chi connectivity index (χ0v) is 14.4. The second-order valence-electron chi connectivity index (χ2n) is 5.82. The summed E-state index contributed by atoms with van der Waals surface area (Å²) in [6, 6.07) is 13.8. The molecule has 3 aromatic heterocycles. The maximum atomic E-state index is 11.4. The highest BCUT2D eigenvalue weighted by Crippen LogP contribution is 2.25. The van der Waals surface area contributed by atoms with Gasteiger partial charge in [-0.15, -0.1) is 0 Å². The molecule has 0 fully saturated rings. The summed E-state index contributed by atoms with van der Waals surface area (Å²) in [5.41, 5.74) is 3.94. The molecule has 0 saturated carbocycles. The van der Waals surface area contributed by atoms with Crippen LogP contribution in [0.25, 0.3) is 22.2 Å². The van der Waals surface area contributed by atoms with Crippen molar-refractivity contribution in [3.05, 3.63) is 75.3 Å². The average molecular weight is 348 g/mol. The summed E-state index contributed by atoms with van der Waals surface area (Å²) in [5.74, 6) is 0.490. The van der Waals surface area contributed by atoms with Gasteiger partial charge in [-0.3, -0.25) is 4.79 Å². The van der Waals surface area contributed by atoms with Crippen LogP contribution in [0.2, 0.25) is 0 Å². The van der Waals surface area contributed by atoms with Crippen molar-refractivity contribution in [1.29, 1.82) is 0 Å². The van der Waals surface area contributed by atoms with Crippen LogP contribution in [-0.2, 0) is 0 Å². The first-order valence-electron chi connectivity index (χ1n) is 7.94. The lowest BCUT2D eigenvalue weighted by Crippen LogP contribution is -2.11. The first-order chi connectivity index (χ1) is 12.2. The summed E-state index contributed by atoms with van der Waals surface area (Å²) in [4.78, 5) is 22.9. The Morgan fingerprint density at radius 3 is 2.68 bits per heavy atom. The molecule has 1 aromatic carbocycles. The molecule has 0 aliphatic rings. The van der Waals surface area contributed by atoms with E-state index >= 15 is 0 Å². The number of benzene rings is 1. The molecule has 0 bridgehead atoms. The lowest BCUT2D eigenvalue weighted by molar-refractivity contribution is 0.863. The Morgan fingerprint density at radius 2 is 1.92 bits per heavy atom. The number of pyridine rings is 1. The molecule has 0 saturated heterocycles. The molecule has 1 atom stereocenters. The number of aromatic amines is 1. The van der Waals surface area contributed by atoms with E-state index in [0.29, 0.717) is 11.6 Å². The number of aromatic nitrogens is 3. The maximum Gasteiger partial charge on any atom is 0.249 e. The summed E-state index contributed by atoms with van der Waals surface area (Å²) in [5, 5.41) is 8.30. The largest absolute Gasteiger partial charge is 0.348 e. The van der Waals surface area contributed by atoms with Crippen molar-refractivity contribution >= 4 is 28.3 Å². The van der Waals surface area contributed by atoms with Gasteiger partial charge in [0, 0.05) is 17.6 Å². The highest BCUT2D eigenvalue weighted by molar-refractivity contribution is 7.08. The summed E-state index contributed by atoms with van der Waals surface area (Å²) in [7, 11) is 0. The van der Waals surface area contributed by atoms with E-state index in [1.807, 2.05) is 0 Å². The van der Waals surface area contributed by atoms with Gasteiger partial charge in [-0.05, 0) is 46.5 Å². The van der Waals surface area contributed by atoms with Crippen LogP contribution >= 0.6 is 11.3 Å². The van der Waals surface area contributed by atoms with Crippen LogP contribution in [0.15, 0.2) is 64.2 Å². The van der Waals surface area contributed by atoms with Gasteiger partial charge in [-0.1, -0.05) is 24.3 Å². The monoisotopic (exact) mass is 348 g/mol. The zero-order valence-electron chi connectivity index (χ0n) is 13.6. The van der Waals surface area contributed by atoms with Crippen LogP contribution in [0.1, 0.15) is 18.5 Å². The van der Waals surface area contributed by atoms with Gasteiger partial charge in [0.1, 0.15) is 5.65 Å². The minimum absolute atomic E-state index is 0.0457. The minimum Gasteiger partial charge on any atom is -0.348 e. The first kappa shape index (κ1) is 15.5. The molecule has 4 rings (SSSR count). The summed E-state index contributed by atoms with van der Waals surface area (Å²) >= 11 is 1.69. The fourth-order valence-corrected chi connectivity index (χ4v) is 3.34. The Bertz CT molecular complexity index is 1050. The number of nitrogens with zero attached hydrogens (tertiary/aromatic N) is 2. The van der Waals surface area contributed by atoms with E-state index < -0.39 is 0 Å². The van der Waals surface area contributed by atoms with E-state index in [9.17, 15) is 4.79 Å². The molecule has 124 valence electrons. The van der Waals surface area contributed by atoms with Crippen molar-refractivity contribution < 1.29 is 0 Å². The standard InChI is InChI=1S/C19H16N4OS/c1-12(13-2-4-14(5-3-13)16-8-9-25-11-16)21-19-20-10-15-6-7-17(24)22-18(15)23-19/h2-12H,1H3,(H2,20,21,22,23,24)/t12-/m0/s1. The van der Waals surface area contributed by atoms with Crippen LogP contribution in [0.3, 0.4) is 0 Å². The Kier molecular flexibility index (Phi) is 4.03. The SMILES string of the molecule is C[C@H](Nc1ncc2ccc(=O)[nH]c2n1)c1ccc(-c2ccsc2)cc1. The van der Waals surface area contributed by atoms with Crippen LogP contribution in [0, 0.1) is 0 Å². The fraction of sp³-hybridized carbons (Fsp3) is 0.105. The smallest absolute Gasteiger partial charge is 0.249 e. The zero-order chi connectivity index (χ0) is 17.2. The van der Waals surface area contributed by atoms with Crippen LogP contribution in [0.5, 0.6) is 0 Å². The molecule has 6 heteroatoms. The number of anilines is 1. The normalized spacial score (nSPS) is 12.2. The number of nitrogens with one attached hydrogen (secondary N) is 2. The summed E-state index contributed by atoms with van der Waals surface area (Å²) < 4.78 is 0. The predicted molar refractivity (Wildman–Crippen MR) is 102 cm³/mol. The number of rotatable bonds is 4.